The molecule has 3 amide bonds. The number of halogens is 3. The smallest absolute Gasteiger partial charge is 0.426 e. The molecule has 2 aromatic heterocycles. The van der Waals surface area contributed by atoms with Crippen molar-refractivity contribution in [2.45, 2.75) is 67.3 Å². The summed E-state index contributed by atoms with van der Waals surface area (Å²) in [7, 11) is -4.00. The van der Waals surface area contributed by atoms with E-state index in [-0.39, 0.29) is 25.6 Å². The molecule has 3 aliphatic rings. The van der Waals surface area contributed by atoms with Crippen molar-refractivity contribution in [2.24, 2.45) is 5.92 Å². The second-order valence-corrected chi connectivity index (χ2v) is 15.0. The zero-order valence-corrected chi connectivity index (χ0v) is 26.5. The van der Waals surface area contributed by atoms with Crippen LogP contribution in [0.2, 0.25) is 0 Å². The van der Waals surface area contributed by atoms with Crippen molar-refractivity contribution in [3.63, 3.8) is 0 Å². The maximum absolute atomic E-state index is 13.8. The minimum Gasteiger partial charge on any atom is -0.471 e. The number of nitrogens with zero attached hydrogens (tertiary/aromatic N) is 3. The van der Waals surface area contributed by atoms with Crippen molar-refractivity contribution < 1.29 is 45.8 Å². The number of hydrogen-bond acceptors (Lipinski definition) is 10. The Balaban J connectivity index is 1.31. The summed E-state index contributed by atoms with van der Waals surface area (Å²) >= 11 is 1.34. The first kappa shape index (κ1) is 32.8. The van der Waals surface area contributed by atoms with E-state index in [0.717, 1.165) is 0 Å². The van der Waals surface area contributed by atoms with Gasteiger partial charge in [-0.1, -0.05) is 24.3 Å². The molecule has 12 nitrogen and oxygen atoms in total. The van der Waals surface area contributed by atoms with Gasteiger partial charge in [0.25, 0.3) is 11.8 Å². The highest BCUT2D eigenvalue weighted by atomic mass is 32.2. The average molecular weight is 694 g/mol. The van der Waals surface area contributed by atoms with Crippen LogP contribution in [-0.2, 0) is 24.4 Å². The molecule has 47 heavy (non-hydrogen) atoms. The van der Waals surface area contributed by atoms with Gasteiger partial charge in [0.15, 0.2) is 0 Å². The Morgan fingerprint density at radius 1 is 1.15 bits per heavy atom. The number of nitrogens with one attached hydrogen (secondary N) is 2. The first-order valence-electron chi connectivity index (χ1n) is 14.7. The van der Waals surface area contributed by atoms with E-state index < -0.39 is 74.9 Å². The molecule has 250 valence electrons. The number of amides is 3. The second-order valence-electron chi connectivity index (χ2n) is 12.0. The maximum atomic E-state index is 13.8. The molecule has 1 aromatic carbocycles. The standard InChI is InChI=1S/C30H30F3N5O7S2/c1-3-16-14-29(16,26(40)37-47(43,44)18-10-11-18)36-24(39)21-13-17(15-38(21)27(41)28(2,42)30(31,32)33)45-25-23(22-9-6-12-46-22)34-19-7-4-5-8-20(19)35-25/h3-9,12,16-18,21,42H,1,10-11,13-15H2,2H3,(H,36,39)(H,37,40)/t16-,17-,21+,28+,29-/m1/s1. The molecule has 1 saturated heterocycles. The number of para-hydroxylation sites is 2. The Hall–Kier alpha value is -4.09. The van der Waals surface area contributed by atoms with Crippen LogP contribution in [0.1, 0.15) is 32.6 Å². The fourth-order valence-corrected chi connectivity index (χ4v) is 7.64. The average Bonchev–Trinajstić information content (AvgIpc) is 3.89. The lowest BCUT2D eigenvalue weighted by atomic mass is 10.0. The van der Waals surface area contributed by atoms with Crippen molar-refractivity contribution >= 4 is 50.1 Å². The molecule has 0 spiro atoms. The number of rotatable bonds is 10. The van der Waals surface area contributed by atoms with Gasteiger partial charge >= 0.3 is 6.18 Å². The van der Waals surface area contributed by atoms with Crippen LogP contribution in [-0.4, -0.2) is 87.4 Å². The number of fused-ring (bicyclic) bond motifs is 1. The summed E-state index contributed by atoms with van der Waals surface area (Å²) < 4.78 is 74.6. The molecule has 6 rings (SSSR count). The van der Waals surface area contributed by atoms with E-state index in [2.05, 4.69) is 21.9 Å². The first-order valence-corrected chi connectivity index (χ1v) is 17.1. The fourth-order valence-electron chi connectivity index (χ4n) is 5.57. The Morgan fingerprint density at radius 3 is 2.40 bits per heavy atom. The van der Waals surface area contributed by atoms with Gasteiger partial charge < -0.3 is 20.1 Å². The summed E-state index contributed by atoms with van der Waals surface area (Å²) in [5.41, 5.74) is -4.26. The van der Waals surface area contributed by atoms with Crippen molar-refractivity contribution in [2.75, 3.05) is 6.54 Å². The Morgan fingerprint density at radius 2 is 1.83 bits per heavy atom. The molecule has 3 fully saturated rings. The van der Waals surface area contributed by atoms with Crippen molar-refractivity contribution in [1.82, 2.24) is 24.9 Å². The van der Waals surface area contributed by atoms with Crippen LogP contribution in [0, 0.1) is 5.92 Å². The third-order valence-electron chi connectivity index (χ3n) is 8.61. The van der Waals surface area contributed by atoms with Crippen LogP contribution in [0.4, 0.5) is 13.2 Å². The van der Waals surface area contributed by atoms with Gasteiger partial charge in [-0.05, 0) is 49.8 Å². The van der Waals surface area contributed by atoms with E-state index in [0.29, 0.717) is 39.3 Å². The molecule has 2 aliphatic carbocycles. The van der Waals surface area contributed by atoms with E-state index >= 15 is 0 Å². The predicted molar refractivity (Wildman–Crippen MR) is 163 cm³/mol. The van der Waals surface area contributed by atoms with E-state index in [1.807, 2.05) is 10.1 Å². The Kier molecular flexibility index (Phi) is 8.07. The third kappa shape index (κ3) is 6.07. The number of thiophene rings is 1. The zero-order valence-electron chi connectivity index (χ0n) is 24.9. The molecule has 1 aliphatic heterocycles. The normalized spacial score (nSPS) is 25.6. The molecule has 3 aromatic rings. The zero-order chi connectivity index (χ0) is 33.9. The van der Waals surface area contributed by atoms with E-state index in [4.69, 9.17) is 4.74 Å². The van der Waals surface area contributed by atoms with Crippen LogP contribution in [0.5, 0.6) is 5.88 Å². The molecule has 5 atom stereocenters. The summed E-state index contributed by atoms with van der Waals surface area (Å²) in [5, 5.41) is 13.8. The highest BCUT2D eigenvalue weighted by molar-refractivity contribution is 7.91. The number of benzene rings is 1. The third-order valence-corrected chi connectivity index (χ3v) is 11.3. The summed E-state index contributed by atoms with van der Waals surface area (Å²) in [6.45, 7) is 3.36. The van der Waals surface area contributed by atoms with E-state index in [1.165, 1.54) is 17.4 Å². The predicted octanol–water partition coefficient (Wildman–Crippen LogP) is 2.69. The number of carbonyl (C=O) groups excluding carboxylic acids is 3. The lowest BCUT2D eigenvalue weighted by molar-refractivity contribution is -0.250. The summed E-state index contributed by atoms with van der Waals surface area (Å²) in [4.78, 5) is 50.7. The summed E-state index contributed by atoms with van der Waals surface area (Å²) in [5.74, 6) is -4.51. The van der Waals surface area contributed by atoms with Gasteiger partial charge in [-0.2, -0.15) is 13.2 Å². The molecule has 0 radical (unpaired) electrons. The molecular formula is C30H30F3N5O7S2. The van der Waals surface area contributed by atoms with Gasteiger partial charge in [0.05, 0.1) is 27.7 Å². The Bertz CT molecular complexity index is 1860. The fraction of sp³-hybridized carbons (Fsp3) is 0.433. The number of ether oxygens (including phenoxy) is 1. The number of sulfonamides is 1. The molecule has 2 saturated carbocycles. The van der Waals surface area contributed by atoms with Gasteiger partial charge in [-0.3, -0.25) is 19.1 Å². The number of alkyl halides is 3. The maximum Gasteiger partial charge on any atom is 0.426 e. The molecule has 3 heterocycles. The van der Waals surface area contributed by atoms with Crippen molar-refractivity contribution in [3.05, 3.63) is 54.4 Å². The van der Waals surface area contributed by atoms with Gasteiger partial charge in [0.1, 0.15) is 23.4 Å². The van der Waals surface area contributed by atoms with Crippen LogP contribution in [0.3, 0.4) is 0 Å². The van der Waals surface area contributed by atoms with Crippen molar-refractivity contribution in [3.8, 4) is 16.5 Å². The van der Waals surface area contributed by atoms with Crippen molar-refractivity contribution in [1.29, 1.82) is 0 Å². The molecule has 3 N–H and O–H groups in total. The Labute approximate surface area is 271 Å². The van der Waals surface area contributed by atoms with Crippen LogP contribution < -0.4 is 14.8 Å². The topological polar surface area (TPSA) is 168 Å². The SMILES string of the molecule is C=C[C@@H]1C[C@]1(NC(=O)[C@@H]1C[C@@H](Oc2nc3ccccc3nc2-c2cccs2)CN1C(=O)[C@](C)(O)C(F)(F)F)C(=O)NS(=O)(=O)C1CC1. The van der Waals surface area contributed by atoms with E-state index in [9.17, 15) is 41.1 Å². The molecule has 0 unspecified atom stereocenters. The van der Waals surface area contributed by atoms with Gasteiger partial charge in [0.2, 0.25) is 27.4 Å². The molecular weight excluding hydrogens is 663 g/mol. The van der Waals surface area contributed by atoms with Gasteiger partial charge in [-0.25, -0.2) is 18.4 Å². The monoisotopic (exact) mass is 693 g/mol. The minimum atomic E-state index is -5.39. The molecule has 17 heteroatoms. The van der Waals surface area contributed by atoms with Crippen LogP contribution >= 0.6 is 11.3 Å². The quantitative estimate of drug-likeness (QED) is 0.271. The highest BCUT2D eigenvalue weighted by Crippen LogP contribution is 2.46. The summed E-state index contributed by atoms with van der Waals surface area (Å²) in [6, 6.07) is 8.86. The van der Waals surface area contributed by atoms with Gasteiger partial charge in [0, 0.05) is 12.3 Å². The number of aliphatic hydroxyl groups is 1. The lowest BCUT2D eigenvalue weighted by Gasteiger charge is -2.33. The minimum absolute atomic E-state index is 0.0160. The number of aromatic nitrogens is 2. The lowest BCUT2D eigenvalue weighted by Crippen LogP contribution is -2.61. The van der Waals surface area contributed by atoms with Gasteiger partial charge in [-0.15, -0.1) is 17.9 Å². The number of carbonyl (C=O) groups is 3. The van der Waals surface area contributed by atoms with Crippen LogP contribution in [0.25, 0.3) is 21.6 Å². The van der Waals surface area contributed by atoms with Crippen LogP contribution in [0.15, 0.2) is 54.4 Å². The number of hydrogen-bond donors (Lipinski definition) is 3. The highest BCUT2D eigenvalue weighted by Gasteiger charge is 2.63. The second kappa shape index (κ2) is 11.6. The summed E-state index contributed by atoms with van der Waals surface area (Å²) in [6.07, 6.45) is -4.74. The van der Waals surface area contributed by atoms with E-state index in [1.54, 1.807) is 36.4 Å². The molecule has 0 bridgehead atoms. The largest absolute Gasteiger partial charge is 0.471 e. The first-order chi connectivity index (χ1) is 22.1. The number of likely N-dealkylation sites (tertiary alicyclic amines) is 1.